The highest BCUT2D eigenvalue weighted by Crippen LogP contribution is 2.28. The Morgan fingerprint density at radius 1 is 0.889 bits per heavy atom. The standard InChI is InChI=1S/C28H31N3O5/c1-5-31(6-2)24-14-12-22(13-15-24)27(32)30-29-18-21-9-16-25(26(17-21)34-3)36-19-20-7-10-23(11-8-20)28(33)35-4/h7-18H,5-6,19H2,1-4H3,(H,30,32)/b29-18-. The third kappa shape index (κ3) is 6.85. The third-order valence-corrected chi connectivity index (χ3v) is 5.59. The monoisotopic (exact) mass is 489 g/mol. The summed E-state index contributed by atoms with van der Waals surface area (Å²) in [6, 6.07) is 19.8. The summed E-state index contributed by atoms with van der Waals surface area (Å²) in [7, 11) is 2.90. The highest BCUT2D eigenvalue weighted by Gasteiger charge is 2.09. The molecule has 0 radical (unpaired) electrons. The summed E-state index contributed by atoms with van der Waals surface area (Å²) in [6.45, 7) is 6.31. The van der Waals surface area contributed by atoms with E-state index in [-0.39, 0.29) is 11.9 Å². The van der Waals surface area contributed by atoms with E-state index in [4.69, 9.17) is 14.2 Å². The van der Waals surface area contributed by atoms with Gasteiger partial charge in [0.05, 0.1) is 26.0 Å². The van der Waals surface area contributed by atoms with Crippen molar-refractivity contribution in [1.82, 2.24) is 5.43 Å². The van der Waals surface area contributed by atoms with Crippen molar-refractivity contribution >= 4 is 23.8 Å². The molecule has 8 nitrogen and oxygen atoms in total. The second-order valence-electron chi connectivity index (χ2n) is 7.81. The molecule has 0 heterocycles. The first-order valence-electron chi connectivity index (χ1n) is 11.7. The molecule has 0 saturated carbocycles. The normalized spacial score (nSPS) is 10.7. The van der Waals surface area contributed by atoms with Gasteiger partial charge in [-0.2, -0.15) is 5.10 Å². The van der Waals surface area contributed by atoms with E-state index in [2.05, 4.69) is 29.3 Å². The van der Waals surface area contributed by atoms with Crippen LogP contribution in [-0.4, -0.2) is 45.4 Å². The number of methoxy groups -OCH3 is 2. The number of nitrogens with zero attached hydrogens (tertiary/aromatic N) is 2. The van der Waals surface area contributed by atoms with Crippen molar-refractivity contribution in [1.29, 1.82) is 0 Å². The lowest BCUT2D eigenvalue weighted by molar-refractivity contribution is 0.0600. The van der Waals surface area contributed by atoms with Crippen LogP contribution >= 0.6 is 0 Å². The quantitative estimate of drug-likeness (QED) is 0.239. The van der Waals surface area contributed by atoms with Crippen LogP contribution in [0, 0.1) is 0 Å². The van der Waals surface area contributed by atoms with Crippen LogP contribution in [0.2, 0.25) is 0 Å². The Labute approximate surface area is 211 Å². The molecule has 188 valence electrons. The van der Waals surface area contributed by atoms with E-state index in [0.29, 0.717) is 29.2 Å². The van der Waals surface area contributed by atoms with Crippen molar-refractivity contribution in [2.24, 2.45) is 5.10 Å². The molecule has 3 rings (SSSR count). The van der Waals surface area contributed by atoms with Gasteiger partial charge in [-0.05, 0) is 79.6 Å². The molecule has 1 N–H and O–H groups in total. The maximum Gasteiger partial charge on any atom is 0.337 e. The second kappa shape index (κ2) is 12.9. The molecule has 0 unspecified atom stereocenters. The first kappa shape index (κ1) is 26.3. The van der Waals surface area contributed by atoms with E-state index in [1.54, 1.807) is 61.9 Å². The molecule has 0 bridgehead atoms. The predicted molar refractivity (Wildman–Crippen MR) is 140 cm³/mol. The molecule has 0 saturated heterocycles. The molecule has 3 aromatic carbocycles. The van der Waals surface area contributed by atoms with Gasteiger partial charge in [0.25, 0.3) is 5.91 Å². The van der Waals surface area contributed by atoms with Gasteiger partial charge in [0.2, 0.25) is 0 Å². The average molecular weight is 490 g/mol. The number of hydrogen-bond donors (Lipinski definition) is 1. The SMILES string of the molecule is CCN(CC)c1ccc(C(=O)N/N=C\c2ccc(OCc3ccc(C(=O)OC)cc3)c(OC)c2)cc1. The van der Waals surface area contributed by atoms with Crippen molar-refractivity contribution in [3.8, 4) is 11.5 Å². The Hall–Kier alpha value is -4.33. The number of rotatable bonds is 11. The minimum atomic E-state index is -0.384. The van der Waals surface area contributed by atoms with Crippen molar-refractivity contribution in [3.05, 3.63) is 89.0 Å². The maximum atomic E-state index is 12.4. The predicted octanol–water partition coefficient (Wildman–Crippen LogP) is 4.67. The number of esters is 1. The topological polar surface area (TPSA) is 89.5 Å². The van der Waals surface area contributed by atoms with E-state index in [1.807, 2.05) is 18.2 Å². The number of carbonyl (C=O) groups excluding carboxylic acids is 2. The molecule has 1 amide bonds. The smallest absolute Gasteiger partial charge is 0.337 e. The average Bonchev–Trinajstić information content (AvgIpc) is 2.93. The van der Waals surface area contributed by atoms with Crippen LogP contribution in [0.25, 0.3) is 0 Å². The van der Waals surface area contributed by atoms with E-state index < -0.39 is 0 Å². The minimum Gasteiger partial charge on any atom is -0.493 e. The van der Waals surface area contributed by atoms with Crippen molar-refractivity contribution < 1.29 is 23.8 Å². The Bertz CT molecular complexity index is 1190. The van der Waals surface area contributed by atoms with Gasteiger partial charge in [-0.25, -0.2) is 10.2 Å². The van der Waals surface area contributed by atoms with Crippen LogP contribution in [-0.2, 0) is 11.3 Å². The first-order chi connectivity index (χ1) is 17.5. The van der Waals surface area contributed by atoms with Gasteiger partial charge in [0.15, 0.2) is 11.5 Å². The summed E-state index contributed by atoms with van der Waals surface area (Å²) >= 11 is 0. The highest BCUT2D eigenvalue weighted by molar-refractivity contribution is 5.95. The van der Waals surface area contributed by atoms with Crippen LogP contribution in [0.5, 0.6) is 11.5 Å². The zero-order valence-corrected chi connectivity index (χ0v) is 21.0. The molecule has 0 aliphatic heterocycles. The molecule has 0 aliphatic carbocycles. The lowest BCUT2D eigenvalue weighted by Crippen LogP contribution is -2.22. The van der Waals surface area contributed by atoms with Crippen LogP contribution in [0.1, 0.15) is 45.7 Å². The van der Waals surface area contributed by atoms with E-state index in [9.17, 15) is 9.59 Å². The van der Waals surface area contributed by atoms with Gasteiger partial charge >= 0.3 is 5.97 Å². The summed E-state index contributed by atoms with van der Waals surface area (Å²) in [5.41, 5.74) is 6.26. The summed E-state index contributed by atoms with van der Waals surface area (Å²) in [6.07, 6.45) is 1.54. The molecule has 0 aliphatic rings. The molecule has 0 atom stereocenters. The summed E-state index contributed by atoms with van der Waals surface area (Å²) in [4.78, 5) is 26.2. The number of carbonyl (C=O) groups is 2. The fourth-order valence-electron chi connectivity index (χ4n) is 3.54. The summed E-state index contributed by atoms with van der Waals surface area (Å²) in [5, 5.41) is 4.07. The Kier molecular flexibility index (Phi) is 9.45. The number of nitrogens with one attached hydrogen (secondary N) is 1. The molecule has 0 spiro atoms. The largest absolute Gasteiger partial charge is 0.493 e. The number of anilines is 1. The van der Waals surface area contributed by atoms with Crippen molar-refractivity contribution in [3.63, 3.8) is 0 Å². The number of amides is 1. The molecular formula is C28H31N3O5. The minimum absolute atomic E-state index is 0.289. The number of benzene rings is 3. The molecule has 36 heavy (non-hydrogen) atoms. The summed E-state index contributed by atoms with van der Waals surface area (Å²) in [5.74, 6) is 0.417. The van der Waals surface area contributed by atoms with Crippen LogP contribution in [0.3, 0.4) is 0 Å². The third-order valence-electron chi connectivity index (χ3n) is 5.59. The summed E-state index contributed by atoms with van der Waals surface area (Å²) < 4.78 is 16.0. The molecule has 8 heteroatoms. The van der Waals surface area contributed by atoms with Crippen LogP contribution in [0.15, 0.2) is 71.8 Å². The lowest BCUT2D eigenvalue weighted by Gasteiger charge is -2.20. The van der Waals surface area contributed by atoms with E-state index in [1.165, 1.54) is 7.11 Å². The van der Waals surface area contributed by atoms with Gasteiger partial charge < -0.3 is 19.1 Å². The van der Waals surface area contributed by atoms with Crippen molar-refractivity contribution in [2.45, 2.75) is 20.5 Å². The highest BCUT2D eigenvalue weighted by atomic mass is 16.5. The van der Waals surface area contributed by atoms with Gasteiger partial charge in [-0.1, -0.05) is 12.1 Å². The molecular weight excluding hydrogens is 458 g/mol. The second-order valence-corrected chi connectivity index (χ2v) is 7.81. The fraction of sp³-hybridized carbons (Fsp3) is 0.250. The Morgan fingerprint density at radius 3 is 2.17 bits per heavy atom. The lowest BCUT2D eigenvalue weighted by atomic mass is 10.1. The number of ether oxygens (including phenoxy) is 3. The fourth-order valence-corrected chi connectivity index (χ4v) is 3.54. The Morgan fingerprint density at radius 2 is 1.56 bits per heavy atom. The molecule has 0 fully saturated rings. The zero-order chi connectivity index (χ0) is 25.9. The maximum absolute atomic E-state index is 12.4. The van der Waals surface area contributed by atoms with Gasteiger partial charge in [-0.3, -0.25) is 4.79 Å². The van der Waals surface area contributed by atoms with Crippen molar-refractivity contribution in [2.75, 3.05) is 32.2 Å². The van der Waals surface area contributed by atoms with Gasteiger partial charge in [0.1, 0.15) is 6.61 Å². The molecule has 3 aromatic rings. The van der Waals surface area contributed by atoms with E-state index >= 15 is 0 Å². The zero-order valence-electron chi connectivity index (χ0n) is 21.0. The first-order valence-corrected chi connectivity index (χ1v) is 11.7. The number of hydrazone groups is 1. The van der Waals surface area contributed by atoms with Gasteiger partial charge in [0, 0.05) is 24.3 Å². The van der Waals surface area contributed by atoms with Crippen LogP contribution < -0.4 is 19.8 Å². The van der Waals surface area contributed by atoms with Crippen LogP contribution in [0.4, 0.5) is 5.69 Å². The van der Waals surface area contributed by atoms with E-state index in [0.717, 1.165) is 29.9 Å². The molecule has 0 aromatic heterocycles. The number of hydrogen-bond acceptors (Lipinski definition) is 7. The Balaban J connectivity index is 1.58. The van der Waals surface area contributed by atoms with Gasteiger partial charge in [-0.15, -0.1) is 0 Å².